The van der Waals surface area contributed by atoms with E-state index in [9.17, 15) is 0 Å². The van der Waals surface area contributed by atoms with Gasteiger partial charge in [-0.05, 0) is 43.1 Å². The highest BCUT2D eigenvalue weighted by Crippen LogP contribution is 2.27. The zero-order chi connectivity index (χ0) is 16.2. The SMILES string of the molecule is COc1cccc(CN(C)[C@@H](C)c2nnc(-c3cccs3)o2)c1. The maximum atomic E-state index is 5.82. The number of hydrogen-bond acceptors (Lipinski definition) is 6. The van der Waals surface area contributed by atoms with Crippen molar-refractivity contribution in [3.63, 3.8) is 0 Å². The second-order valence-electron chi connectivity index (χ2n) is 5.37. The molecule has 0 N–H and O–H groups in total. The van der Waals surface area contributed by atoms with Crippen LogP contribution in [0.4, 0.5) is 0 Å². The van der Waals surface area contributed by atoms with E-state index in [1.165, 1.54) is 5.56 Å². The molecule has 3 aromatic rings. The monoisotopic (exact) mass is 329 g/mol. The van der Waals surface area contributed by atoms with E-state index in [0.717, 1.165) is 17.2 Å². The van der Waals surface area contributed by atoms with Crippen LogP contribution >= 0.6 is 11.3 Å². The van der Waals surface area contributed by atoms with Gasteiger partial charge in [0.2, 0.25) is 5.89 Å². The van der Waals surface area contributed by atoms with E-state index in [-0.39, 0.29) is 6.04 Å². The summed E-state index contributed by atoms with van der Waals surface area (Å²) in [6.07, 6.45) is 0. The van der Waals surface area contributed by atoms with Gasteiger partial charge in [-0.1, -0.05) is 18.2 Å². The lowest BCUT2D eigenvalue weighted by atomic mass is 10.2. The van der Waals surface area contributed by atoms with E-state index in [1.54, 1.807) is 18.4 Å². The molecule has 120 valence electrons. The van der Waals surface area contributed by atoms with Crippen LogP contribution < -0.4 is 4.74 Å². The molecule has 0 aliphatic heterocycles. The van der Waals surface area contributed by atoms with Crippen molar-refractivity contribution in [1.82, 2.24) is 15.1 Å². The Bertz CT molecular complexity index is 755. The lowest BCUT2D eigenvalue weighted by Gasteiger charge is -2.21. The second kappa shape index (κ2) is 6.93. The molecule has 0 unspecified atom stereocenters. The fourth-order valence-electron chi connectivity index (χ4n) is 2.29. The molecule has 1 atom stereocenters. The second-order valence-corrected chi connectivity index (χ2v) is 6.31. The smallest absolute Gasteiger partial charge is 0.257 e. The molecule has 0 radical (unpaired) electrons. The Labute approximate surface area is 139 Å². The maximum absolute atomic E-state index is 5.82. The van der Waals surface area contributed by atoms with Crippen molar-refractivity contribution in [2.75, 3.05) is 14.2 Å². The van der Waals surface area contributed by atoms with E-state index >= 15 is 0 Å². The first-order valence-corrected chi connectivity index (χ1v) is 8.26. The fraction of sp³-hybridized carbons (Fsp3) is 0.294. The van der Waals surface area contributed by atoms with Crippen LogP contribution in [-0.4, -0.2) is 29.3 Å². The summed E-state index contributed by atoms with van der Waals surface area (Å²) in [5, 5.41) is 10.3. The van der Waals surface area contributed by atoms with Gasteiger partial charge in [-0.25, -0.2) is 0 Å². The molecule has 0 aliphatic rings. The van der Waals surface area contributed by atoms with Crippen molar-refractivity contribution in [1.29, 1.82) is 0 Å². The minimum absolute atomic E-state index is 0.0300. The highest BCUT2D eigenvalue weighted by molar-refractivity contribution is 7.13. The highest BCUT2D eigenvalue weighted by atomic mass is 32.1. The van der Waals surface area contributed by atoms with Gasteiger partial charge in [0.15, 0.2) is 0 Å². The van der Waals surface area contributed by atoms with Crippen molar-refractivity contribution >= 4 is 11.3 Å². The molecule has 6 heteroatoms. The molecule has 3 rings (SSSR count). The molecule has 2 heterocycles. The number of methoxy groups -OCH3 is 1. The molecule has 0 spiro atoms. The number of nitrogens with zero attached hydrogens (tertiary/aromatic N) is 3. The summed E-state index contributed by atoms with van der Waals surface area (Å²) in [6, 6.07) is 12.0. The van der Waals surface area contributed by atoms with Gasteiger partial charge in [-0.2, -0.15) is 0 Å². The van der Waals surface area contributed by atoms with Crippen LogP contribution in [0.2, 0.25) is 0 Å². The minimum atomic E-state index is 0.0300. The van der Waals surface area contributed by atoms with Gasteiger partial charge < -0.3 is 9.15 Å². The molecular formula is C17H19N3O2S. The number of thiophene rings is 1. The molecule has 0 amide bonds. The Morgan fingerprint density at radius 1 is 1.26 bits per heavy atom. The normalized spacial score (nSPS) is 12.5. The van der Waals surface area contributed by atoms with Crippen molar-refractivity contribution in [3.05, 3.63) is 53.2 Å². The number of aromatic nitrogens is 2. The van der Waals surface area contributed by atoms with Crippen LogP contribution in [0.25, 0.3) is 10.8 Å². The number of ether oxygens (including phenoxy) is 1. The molecule has 1 aromatic carbocycles. The van der Waals surface area contributed by atoms with Crippen LogP contribution in [0.3, 0.4) is 0 Å². The van der Waals surface area contributed by atoms with E-state index < -0.39 is 0 Å². The van der Waals surface area contributed by atoms with Crippen molar-refractivity contribution in [3.8, 4) is 16.5 Å². The van der Waals surface area contributed by atoms with Gasteiger partial charge in [0.05, 0.1) is 18.0 Å². The van der Waals surface area contributed by atoms with Gasteiger partial charge >= 0.3 is 0 Å². The maximum Gasteiger partial charge on any atom is 0.257 e. The fourth-order valence-corrected chi connectivity index (χ4v) is 2.93. The van der Waals surface area contributed by atoms with Gasteiger partial charge in [-0.3, -0.25) is 4.90 Å². The van der Waals surface area contributed by atoms with Crippen LogP contribution in [0.15, 0.2) is 46.2 Å². The van der Waals surface area contributed by atoms with Crippen molar-refractivity contribution < 1.29 is 9.15 Å². The summed E-state index contributed by atoms with van der Waals surface area (Å²) < 4.78 is 11.1. The zero-order valence-corrected chi connectivity index (χ0v) is 14.2. The highest BCUT2D eigenvalue weighted by Gasteiger charge is 2.19. The number of hydrogen-bond donors (Lipinski definition) is 0. The third kappa shape index (κ3) is 3.60. The topological polar surface area (TPSA) is 51.4 Å². The largest absolute Gasteiger partial charge is 0.497 e. The lowest BCUT2D eigenvalue weighted by Crippen LogP contribution is -2.22. The Kier molecular flexibility index (Phi) is 4.73. The summed E-state index contributed by atoms with van der Waals surface area (Å²) in [5.74, 6) is 2.07. The van der Waals surface area contributed by atoms with E-state index in [4.69, 9.17) is 9.15 Å². The molecule has 0 aliphatic carbocycles. The molecule has 0 bridgehead atoms. The summed E-state index contributed by atoms with van der Waals surface area (Å²) >= 11 is 1.59. The minimum Gasteiger partial charge on any atom is -0.497 e. The molecule has 0 fully saturated rings. The van der Waals surface area contributed by atoms with Gasteiger partial charge in [0, 0.05) is 6.54 Å². The average Bonchev–Trinajstić information content (AvgIpc) is 3.25. The number of benzene rings is 1. The van der Waals surface area contributed by atoms with E-state index in [1.807, 2.05) is 42.8 Å². The molecule has 0 saturated heterocycles. The summed E-state index contributed by atoms with van der Waals surface area (Å²) in [7, 11) is 3.72. The molecular weight excluding hydrogens is 310 g/mol. The molecule has 23 heavy (non-hydrogen) atoms. The summed E-state index contributed by atoms with van der Waals surface area (Å²) in [5.41, 5.74) is 1.18. The standard InChI is InChI=1S/C17H19N3O2S/c1-12(16-18-19-17(22-16)15-8-5-9-23-15)20(2)11-13-6-4-7-14(10-13)21-3/h4-10,12H,11H2,1-3H3/t12-/m0/s1. The van der Waals surface area contributed by atoms with Gasteiger partial charge in [0.25, 0.3) is 5.89 Å². The van der Waals surface area contributed by atoms with Crippen molar-refractivity contribution in [2.24, 2.45) is 0 Å². The predicted molar refractivity (Wildman–Crippen MR) is 90.5 cm³/mol. The summed E-state index contributed by atoms with van der Waals surface area (Å²) in [6.45, 7) is 2.83. The predicted octanol–water partition coefficient (Wildman–Crippen LogP) is 4.00. The lowest BCUT2D eigenvalue weighted by molar-refractivity contribution is 0.218. The van der Waals surface area contributed by atoms with E-state index in [0.29, 0.717) is 11.8 Å². The molecule has 5 nitrogen and oxygen atoms in total. The quantitative estimate of drug-likeness (QED) is 0.684. The zero-order valence-electron chi connectivity index (χ0n) is 13.4. The Hall–Kier alpha value is -2.18. The molecule has 2 aromatic heterocycles. The summed E-state index contributed by atoms with van der Waals surface area (Å²) in [4.78, 5) is 3.16. The van der Waals surface area contributed by atoms with Gasteiger partial charge in [0.1, 0.15) is 5.75 Å². The average molecular weight is 329 g/mol. The van der Waals surface area contributed by atoms with Crippen LogP contribution in [0, 0.1) is 0 Å². The number of rotatable bonds is 6. The van der Waals surface area contributed by atoms with Crippen molar-refractivity contribution in [2.45, 2.75) is 19.5 Å². The third-order valence-electron chi connectivity index (χ3n) is 3.76. The first-order chi connectivity index (χ1) is 11.2. The van der Waals surface area contributed by atoms with E-state index in [2.05, 4.69) is 28.1 Å². The van der Waals surface area contributed by atoms with Crippen LogP contribution in [-0.2, 0) is 6.54 Å². The third-order valence-corrected chi connectivity index (χ3v) is 4.62. The first-order valence-electron chi connectivity index (χ1n) is 7.38. The van der Waals surface area contributed by atoms with Crippen LogP contribution in [0.5, 0.6) is 5.75 Å². The Morgan fingerprint density at radius 2 is 2.13 bits per heavy atom. The molecule has 0 saturated carbocycles. The first kappa shape index (κ1) is 15.7. The Balaban J connectivity index is 1.70. The van der Waals surface area contributed by atoms with Crippen LogP contribution in [0.1, 0.15) is 24.4 Å². The Morgan fingerprint density at radius 3 is 2.87 bits per heavy atom. The van der Waals surface area contributed by atoms with Gasteiger partial charge in [-0.15, -0.1) is 21.5 Å².